The lowest BCUT2D eigenvalue weighted by Gasteiger charge is -2.08. The van der Waals surface area contributed by atoms with Gasteiger partial charge in [-0.25, -0.2) is 4.79 Å². The van der Waals surface area contributed by atoms with Gasteiger partial charge in [0, 0.05) is 0 Å². The van der Waals surface area contributed by atoms with Crippen molar-refractivity contribution in [3.63, 3.8) is 0 Å². The molecule has 0 N–H and O–H groups in total. The largest absolute Gasteiger partial charge is 0.497 e. The van der Waals surface area contributed by atoms with Crippen LogP contribution in [0.3, 0.4) is 0 Å². The first-order valence-electron chi connectivity index (χ1n) is 4.30. The molecule has 0 aromatic heterocycles. The highest BCUT2D eigenvalue weighted by Gasteiger charge is 2.29. The van der Waals surface area contributed by atoms with Gasteiger partial charge in [-0.2, -0.15) is 13.2 Å². The van der Waals surface area contributed by atoms with Gasteiger partial charge in [-0.05, 0) is 18.2 Å². The van der Waals surface area contributed by atoms with Crippen LogP contribution in [0.15, 0.2) is 24.3 Å². The molecule has 0 unspecified atom stereocenters. The standard InChI is InChI=1S/C10H9F3O3/c1-15-8-4-2-3-7(5-8)9(14)16-6-10(11,12)13/h2-5H,6H2,1H3. The number of alkyl halides is 3. The lowest BCUT2D eigenvalue weighted by atomic mass is 10.2. The quantitative estimate of drug-likeness (QED) is 0.753. The maximum Gasteiger partial charge on any atom is 0.422 e. The van der Waals surface area contributed by atoms with Crippen LogP contribution < -0.4 is 4.74 Å². The van der Waals surface area contributed by atoms with Crippen molar-refractivity contribution >= 4 is 5.97 Å². The maximum atomic E-state index is 11.8. The van der Waals surface area contributed by atoms with E-state index in [1.165, 1.54) is 25.3 Å². The Kier molecular flexibility index (Phi) is 3.76. The molecule has 0 spiro atoms. The molecule has 0 amide bonds. The summed E-state index contributed by atoms with van der Waals surface area (Å²) in [6, 6.07) is 5.71. The molecule has 0 saturated heterocycles. The molecule has 0 fully saturated rings. The fraction of sp³-hybridized carbons (Fsp3) is 0.300. The van der Waals surface area contributed by atoms with Gasteiger partial charge in [0.05, 0.1) is 12.7 Å². The maximum absolute atomic E-state index is 11.8. The molecule has 1 rings (SSSR count). The van der Waals surface area contributed by atoms with Crippen molar-refractivity contribution in [2.45, 2.75) is 6.18 Å². The van der Waals surface area contributed by atoms with Crippen molar-refractivity contribution in [2.24, 2.45) is 0 Å². The summed E-state index contributed by atoms with van der Waals surface area (Å²) in [5.41, 5.74) is 0.0172. The van der Waals surface area contributed by atoms with Gasteiger partial charge in [0.15, 0.2) is 6.61 Å². The third kappa shape index (κ3) is 3.80. The second-order valence-electron chi connectivity index (χ2n) is 2.92. The molecule has 0 bridgehead atoms. The number of benzene rings is 1. The first-order valence-corrected chi connectivity index (χ1v) is 4.30. The first-order chi connectivity index (χ1) is 7.42. The normalized spacial score (nSPS) is 11.0. The van der Waals surface area contributed by atoms with E-state index in [0.717, 1.165) is 0 Å². The van der Waals surface area contributed by atoms with Crippen LogP contribution in [-0.4, -0.2) is 25.9 Å². The van der Waals surface area contributed by atoms with Gasteiger partial charge in [-0.15, -0.1) is 0 Å². The van der Waals surface area contributed by atoms with Gasteiger partial charge in [-0.3, -0.25) is 0 Å². The Labute approximate surface area is 89.8 Å². The molecule has 0 aliphatic rings. The van der Waals surface area contributed by atoms with Crippen LogP contribution in [0, 0.1) is 0 Å². The lowest BCUT2D eigenvalue weighted by Crippen LogP contribution is -2.20. The van der Waals surface area contributed by atoms with E-state index >= 15 is 0 Å². The van der Waals surface area contributed by atoms with E-state index in [0.29, 0.717) is 5.75 Å². The topological polar surface area (TPSA) is 35.5 Å². The van der Waals surface area contributed by atoms with Gasteiger partial charge < -0.3 is 9.47 Å². The van der Waals surface area contributed by atoms with E-state index in [4.69, 9.17) is 4.74 Å². The summed E-state index contributed by atoms with van der Waals surface area (Å²) in [5.74, 6) is -0.655. The predicted octanol–water partition coefficient (Wildman–Crippen LogP) is 2.41. The number of carbonyl (C=O) groups excluding carboxylic acids is 1. The minimum atomic E-state index is -4.52. The minimum absolute atomic E-state index is 0.0172. The molecule has 0 radical (unpaired) electrons. The highest BCUT2D eigenvalue weighted by atomic mass is 19.4. The number of hydrogen-bond acceptors (Lipinski definition) is 3. The first kappa shape index (κ1) is 12.4. The fourth-order valence-corrected chi connectivity index (χ4v) is 0.981. The Morgan fingerprint density at radius 3 is 2.62 bits per heavy atom. The molecule has 0 atom stereocenters. The summed E-state index contributed by atoms with van der Waals surface area (Å²) in [5, 5.41) is 0. The molecule has 0 saturated carbocycles. The number of rotatable bonds is 3. The number of hydrogen-bond donors (Lipinski definition) is 0. The number of ether oxygens (including phenoxy) is 2. The third-order valence-corrected chi connectivity index (χ3v) is 1.67. The summed E-state index contributed by atoms with van der Waals surface area (Å²) in [4.78, 5) is 11.2. The van der Waals surface area contributed by atoms with Crippen LogP contribution in [0.1, 0.15) is 10.4 Å². The third-order valence-electron chi connectivity index (χ3n) is 1.67. The summed E-state index contributed by atoms with van der Waals surface area (Å²) >= 11 is 0. The second-order valence-corrected chi connectivity index (χ2v) is 2.92. The van der Waals surface area contributed by atoms with Crippen molar-refractivity contribution in [2.75, 3.05) is 13.7 Å². The van der Waals surface area contributed by atoms with Crippen molar-refractivity contribution in [1.29, 1.82) is 0 Å². The van der Waals surface area contributed by atoms with Crippen molar-refractivity contribution < 1.29 is 27.4 Å². The molecular weight excluding hydrogens is 225 g/mol. The summed E-state index contributed by atoms with van der Waals surface area (Å²) in [6.45, 7) is -1.59. The van der Waals surface area contributed by atoms with Crippen LogP contribution in [-0.2, 0) is 4.74 Å². The average Bonchev–Trinajstić information content (AvgIpc) is 2.25. The van der Waals surface area contributed by atoms with Gasteiger partial charge in [0.25, 0.3) is 0 Å². The number of carbonyl (C=O) groups is 1. The molecule has 16 heavy (non-hydrogen) atoms. The summed E-state index contributed by atoms with van der Waals surface area (Å²) in [6.07, 6.45) is -4.52. The Balaban J connectivity index is 2.66. The SMILES string of the molecule is COc1cccc(C(=O)OCC(F)(F)F)c1. The number of methoxy groups -OCH3 is 1. The van der Waals surface area contributed by atoms with Gasteiger partial charge in [0.1, 0.15) is 5.75 Å². The van der Waals surface area contributed by atoms with E-state index in [9.17, 15) is 18.0 Å². The zero-order valence-corrected chi connectivity index (χ0v) is 8.38. The Hall–Kier alpha value is -1.72. The van der Waals surface area contributed by atoms with Crippen molar-refractivity contribution in [3.05, 3.63) is 29.8 Å². The van der Waals surface area contributed by atoms with E-state index in [1.807, 2.05) is 0 Å². The smallest absolute Gasteiger partial charge is 0.422 e. The molecule has 88 valence electrons. The van der Waals surface area contributed by atoms with Crippen LogP contribution in [0.2, 0.25) is 0 Å². The second kappa shape index (κ2) is 4.87. The molecule has 6 heteroatoms. The van der Waals surface area contributed by atoms with Gasteiger partial charge >= 0.3 is 12.1 Å². The molecule has 0 aliphatic carbocycles. The zero-order chi connectivity index (χ0) is 12.2. The summed E-state index contributed by atoms with van der Waals surface area (Å²) in [7, 11) is 1.39. The lowest BCUT2D eigenvalue weighted by molar-refractivity contribution is -0.161. The molecule has 0 heterocycles. The minimum Gasteiger partial charge on any atom is -0.497 e. The van der Waals surface area contributed by atoms with Crippen molar-refractivity contribution in [3.8, 4) is 5.75 Å². The Morgan fingerprint density at radius 2 is 2.06 bits per heavy atom. The average molecular weight is 234 g/mol. The predicted molar refractivity (Wildman–Crippen MR) is 49.3 cm³/mol. The fourth-order valence-electron chi connectivity index (χ4n) is 0.981. The molecule has 1 aromatic carbocycles. The molecular formula is C10H9F3O3. The summed E-state index contributed by atoms with van der Waals surface area (Å²) < 4.78 is 44.2. The van der Waals surface area contributed by atoms with E-state index in [-0.39, 0.29) is 5.56 Å². The molecule has 0 aliphatic heterocycles. The Morgan fingerprint density at radius 1 is 1.38 bits per heavy atom. The van der Waals surface area contributed by atoms with E-state index in [1.54, 1.807) is 6.07 Å². The van der Waals surface area contributed by atoms with Crippen LogP contribution >= 0.6 is 0 Å². The zero-order valence-electron chi connectivity index (χ0n) is 8.38. The van der Waals surface area contributed by atoms with Crippen LogP contribution in [0.5, 0.6) is 5.75 Å². The molecule has 3 nitrogen and oxygen atoms in total. The Bertz CT molecular complexity index is 374. The monoisotopic (exact) mass is 234 g/mol. The number of esters is 1. The van der Waals surface area contributed by atoms with E-state index < -0.39 is 18.8 Å². The number of halogens is 3. The molecule has 1 aromatic rings. The highest BCUT2D eigenvalue weighted by molar-refractivity contribution is 5.89. The van der Waals surface area contributed by atoms with Crippen molar-refractivity contribution in [1.82, 2.24) is 0 Å². The van der Waals surface area contributed by atoms with Crippen LogP contribution in [0.25, 0.3) is 0 Å². The van der Waals surface area contributed by atoms with Gasteiger partial charge in [0.2, 0.25) is 0 Å². The van der Waals surface area contributed by atoms with Gasteiger partial charge in [-0.1, -0.05) is 6.07 Å². The van der Waals surface area contributed by atoms with E-state index in [2.05, 4.69) is 4.74 Å². The highest BCUT2D eigenvalue weighted by Crippen LogP contribution is 2.17. The van der Waals surface area contributed by atoms with Crippen LogP contribution in [0.4, 0.5) is 13.2 Å².